The Morgan fingerprint density at radius 3 is 2.71 bits per heavy atom. The van der Waals surface area contributed by atoms with Gasteiger partial charge in [-0.1, -0.05) is 20.3 Å². The average molecular weight is 290 g/mol. The minimum Gasteiger partial charge on any atom is -0.393 e. The van der Waals surface area contributed by atoms with Gasteiger partial charge in [-0.3, -0.25) is 4.79 Å². The molecular weight excluding hydrogens is 260 g/mol. The summed E-state index contributed by atoms with van der Waals surface area (Å²) in [6.07, 6.45) is 10.0. The number of hydrogen-bond acceptors (Lipinski definition) is 2. The molecule has 0 spiro atoms. The van der Waals surface area contributed by atoms with Crippen LogP contribution in [0.3, 0.4) is 0 Å². The number of carbonyl (C=O) groups is 1. The number of ketones is 1. The number of fused-ring (bicyclic) bond motifs is 5. The molecule has 0 aromatic heterocycles. The van der Waals surface area contributed by atoms with Crippen LogP contribution in [0.15, 0.2) is 0 Å². The number of aliphatic hydroxyl groups is 1. The van der Waals surface area contributed by atoms with Crippen LogP contribution in [-0.2, 0) is 4.79 Å². The van der Waals surface area contributed by atoms with Gasteiger partial charge < -0.3 is 5.11 Å². The first-order valence-electron chi connectivity index (χ1n) is 9.14. The van der Waals surface area contributed by atoms with Gasteiger partial charge in [-0.2, -0.15) is 0 Å². The van der Waals surface area contributed by atoms with Crippen LogP contribution in [0.1, 0.15) is 71.6 Å². The van der Waals surface area contributed by atoms with Gasteiger partial charge in [0.1, 0.15) is 5.78 Å². The average Bonchev–Trinajstić information content (AvgIpc) is 2.82. The molecule has 0 amide bonds. The monoisotopic (exact) mass is 290 g/mol. The van der Waals surface area contributed by atoms with Gasteiger partial charge in [-0.15, -0.1) is 0 Å². The zero-order valence-corrected chi connectivity index (χ0v) is 13.6. The highest BCUT2D eigenvalue weighted by Gasteiger charge is 2.60. The van der Waals surface area contributed by atoms with Crippen LogP contribution in [0, 0.1) is 34.5 Å². The molecule has 4 rings (SSSR count). The lowest BCUT2D eigenvalue weighted by Gasteiger charge is -2.61. The highest BCUT2D eigenvalue weighted by atomic mass is 16.3. The summed E-state index contributed by atoms with van der Waals surface area (Å²) in [5, 5.41) is 10.9. The molecule has 7 atom stereocenters. The van der Waals surface area contributed by atoms with Crippen molar-refractivity contribution in [2.24, 2.45) is 34.5 Å². The first-order chi connectivity index (χ1) is 9.94. The summed E-state index contributed by atoms with van der Waals surface area (Å²) >= 11 is 0. The van der Waals surface area contributed by atoms with Crippen LogP contribution in [-0.4, -0.2) is 17.0 Å². The van der Waals surface area contributed by atoms with Crippen molar-refractivity contribution in [2.75, 3.05) is 0 Å². The number of Topliss-reactive ketones (excluding diaryl/α,β-unsaturated/α-hetero) is 1. The molecule has 2 unspecified atom stereocenters. The zero-order valence-electron chi connectivity index (χ0n) is 13.6. The van der Waals surface area contributed by atoms with E-state index in [1.165, 1.54) is 32.1 Å². The first kappa shape index (κ1) is 14.2. The largest absolute Gasteiger partial charge is 0.393 e. The van der Waals surface area contributed by atoms with Gasteiger partial charge in [-0.05, 0) is 73.0 Å². The molecule has 21 heavy (non-hydrogen) atoms. The molecular formula is C19H30O2. The van der Waals surface area contributed by atoms with E-state index in [1.54, 1.807) is 0 Å². The van der Waals surface area contributed by atoms with Crippen LogP contribution in [0.25, 0.3) is 0 Å². The maximum absolute atomic E-state index is 11.9. The molecule has 0 radical (unpaired) electrons. The molecule has 2 heteroatoms. The second-order valence-electron chi connectivity index (χ2n) is 9.12. The molecule has 4 fully saturated rings. The third-order valence-corrected chi connectivity index (χ3v) is 8.28. The van der Waals surface area contributed by atoms with E-state index in [4.69, 9.17) is 0 Å². The van der Waals surface area contributed by atoms with Crippen LogP contribution in [0.5, 0.6) is 0 Å². The summed E-state index contributed by atoms with van der Waals surface area (Å²) in [4.78, 5) is 11.9. The quantitative estimate of drug-likeness (QED) is 0.733. The minimum atomic E-state index is -0.151. The Kier molecular flexibility index (Phi) is 3.10. The minimum absolute atomic E-state index is 0.151. The molecule has 2 nitrogen and oxygen atoms in total. The smallest absolute Gasteiger partial charge is 0.133 e. The van der Waals surface area contributed by atoms with Crippen LogP contribution < -0.4 is 0 Å². The second kappa shape index (κ2) is 4.57. The van der Waals surface area contributed by atoms with E-state index >= 15 is 0 Å². The van der Waals surface area contributed by atoms with Crippen molar-refractivity contribution in [3.05, 3.63) is 0 Å². The van der Waals surface area contributed by atoms with Crippen molar-refractivity contribution in [2.45, 2.75) is 77.7 Å². The van der Waals surface area contributed by atoms with Gasteiger partial charge in [0.05, 0.1) is 6.10 Å². The number of carbonyl (C=O) groups excluding carboxylic acids is 1. The van der Waals surface area contributed by atoms with E-state index in [0.717, 1.165) is 31.6 Å². The fourth-order valence-corrected chi connectivity index (χ4v) is 7.00. The Balaban J connectivity index is 1.68. The molecule has 0 saturated heterocycles. The lowest BCUT2D eigenvalue weighted by atomic mass is 9.44. The molecule has 0 aromatic rings. The fourth-order valence-electron chi connectivity index (χ4n) is 7.00. The Labute approximate surface area is 128 Å². The lowest BCUT2D eigenvalue weighted by molar-refractivity contribution is -0.163. The van der Waals surface area contributed by atoms with Gasteiger partial charge in [0.25, 0.3) is 0 Å². The standard InChI is InChI=1S/C19H30O2/c1-18-7-3-4-14(18)17-15(6-8-18)19(2)9-5-13(20)10-12(19)11-16(17)21/h12,14-17,21H,3-11H2,1-2H3/t12?,14-,15+,16?,17-,18-,19-/m0/s1. The normalized spacial score (nSPS) is 56.5. The van der Waals surface area contributed by atoms with E-state index < -0.39 is 0 Å². The maximum atomic E-state index is 11.9. The van der Waals surface area contributed by atoms with Gasteiger partial charge >= 0.3 is 0 Å². The Morgan fingerprint density at radius 2 is 1.90 bits per heavy atom. The van der Waals surface area contributed by atoms with Crippen molar-refractivity contribution in [1.82, 2.24) is 0 Å². The van der Waals surface area contributed by atoms with Crippen LogP contribution in [0.4, 0.5) is 0 Å². The predicted molar refractivity (Wildman–Crippen MR) is 82.7 cm³/mol. The third kappa shape index (κ3) is 1.90. The summed E-state index contributed by atoms with van der Waals surface area (Å²) in [7, 11) is 0. The number of aliphatic hydroxyl groups excluding tert-OH is 1. The fraction of sp³-hybridized carbons (Fsp3) is 0.947. The van der Waals surface area contributed by atoms with E-state index in [2.05, 4.69) is 13.8 Å². The van der Waals surface area contributed by atoms with E-state index in [1.807, 2.05) is 0 Å². The zero-order chi connectivity index (χ0) is 14.8. The van der Waals surface area contributed by atoms with Gasteiger partial charge in [-0.25, -0.2) is 0 Å². The molecule has 118 valence electrons. The SMILES string of the molecule is C[C@@]12CCC[C@H]1[C@@H]1C(O)CC3CC(=O)CC[C@]3(C)[C@@H]1CC2. The molecule has 0 aliphatic heterocycles. The van der Waals surface area contributed by atoms with Crippen molar-refractivity contribution < 1.29 is 9.90 Å². The molecule has 0 bridgehead atoms. The summed E-state index contributed by atoms with van der Waals surface area (Å²) in [6, 6.07) is 0. The summed E-state index contributed by atoms with van der Waals surface area (Å²) in [5.41, 5.74) is 0.817. The predicted octanol–water partition coefficient (Wildman–Crippen LogP) is 3.96. The maximum Gasteiger partial charge on any atom is 0.133 e. The Bertz CT molecular complexity index is 458. The highest BCUT2D eigenvalue weighted by molar-refractivity contribution is 5.79. The van der Waals surface area contributed by atoms with Crippen molar-refractivity contribution in [1.29, 1.82) is 0 Å². The van der Waals surface area contributed by atoms with E-state index in [-0.39, 0.29) is 6.10 Å². The highest BCUT2D eigenvalue weighted by Crippen LogP contribution is 2.65. The van der Waals surface area contributed by atoms with E-state index in [9.17, 15) is 9.90 Å². The summed E-state index contributed by atoms with van der Waals surface area (Å²) < 4.78 is 0. The van der Waals surface area contributed by atoms with Gasteiger partial charge in [0.2, 0.25) is 0 Å². The second-order valence-corrected chi connectivity index (χ2v) is 9.12. The molecule has 4 aliphatic rings. The van der Waals surface area contributed by atoms with Crippen molar-refractivity contribution in [3.63, 3.8) is 0 Å². The molecule has 0 aromatic carbocycles. The molecule has 1 N–H and O–H groups in total. The van der Waals surface area contributed by atoms with E-state index in [0.29, 0.717) is 34.4 Å². The van der Waals surface area contributed by atoms with Crippen molar-refractivity contribution >= 4 is 5.78 Å². The molecule has 0 heterocycles. The Hall–Kier alpha value is -0.370. The molecule has 4 aliphatic carbocycles. The van der Waals surface area contributed by atoms with Crippen LogP contribution in [0.2, 0.25) is 0 Å². The number of rotatable bonds is 0. The summed E-state index contributed by atoms with van der Waals surface area (Å²) in [6.45, 7) is 4.93. The first-order valence-corrected chi connectivity index (χ1v) is 9.14. The third-order valence-electron chi connectivity index (χ3n) is 8.28. The molecule has 4 saturated carbocycles. The van der Waals surface area contributed by atoms with Crippen molar-refractivity contribution in [3.8, 4) is 0 Å². The van der Waals surface area contributed by atoms with Gasteiger partial charge in [0.15, 0.2) is 0 Å². The number of hydrogen-bond donors (Lipinski definition) is 1. The lowest BCUT2D eigenvalue weighted by Crippen LogP contribution is -2.57. The van der Waals surface area contributed by atoms with Crippen LogP contribution >= 0.6 is 0 Å². The van der Waals surface area contributed by atoms with Gasteiger partial charge in [0, 0.05) is 12.8 Å². The topological polar surface area (TPSA) is 37.3 Å². The summed E-state index contributed by atoms with van der Waals surface area (Å²) in [5.74, 6) is 2.79. The Morgan fingerprint density at radius 1 is 1.10 bits per heavy atom.